The summed E-state index contributed by atoms with van der Waals surface area (Å²) in [4.78, 5) is 11.5. The summed E-state index contributed by atoms with van der Waals surface area (Å²) in [5, 5.41) is 0. The van der Waals surface area contributed by atoms with Gasteiger partial charge in [-0.2, -0.15) is 0 Å². The van der Waals surface area contributed by atoms with Crippen LogP contribution in [0.5, 0.6) is 0 Å². The zero-order valence-electron chi connectivity index (χ0n) is 11.5. The van der Waals surface area contributed by atoms with E-state index in [-0.39, 0.29) is 0 Å². The monoisotopic (exact) mass is 256 g/mol. The van der Waals surface area contributed by atoms with Crippen LogP contribution in [0.25, 0.3) is 11.0 Å². The van der Waals surface area contributed by atoms with E-state index < -0.39 is 0 Å². The summed E-state index contributed by atoms with van der Waals surface area (Å²) in [7, 11) is 0. The molecule has 0 radical (unpaired) electrons. The lowest BCUT2D eigenvalue weighted by Crippen LogP contribution is -2.41. The van der Waals surface area contributed by atoms with Crippen LogP contribution in [0.4, 0.5) is 11.6 Å². The molecular formula is C15H20N4. The normalized spacial score (nSPS) is 23.8. The molecule has 100 valence electrons. The fourth-order valence-electron chi connectivity index (χ4n) is 2.94. The average molecular weight is 256 g/mol. The molecule has 0 aliphatic carbocycles. The maximum absolute atomic E-state index is 6.10. The van der Waals surface area contributed by atoms with Gasteiger partial charge >= 0.3 is 0 Å². The first-order valence-electron chi connectivity index (χ1n) is 6.94. The number of nitrogen functional groups attached to an aromatic ring is 1. The highest BCUT2D eigenvalue weighted by molar-refractivity contribution is 5.79. The number of rotatable bonds is 1. The van der Waals surface area contributed by atoms with E-state index in [1.807, 2.05) is 24.3 Å². The van der Waals surface area contributed by atoms with Crippen LogP contribution in [-0.4, -0.2) is 22.6 Å². The number of hydrogen-bond acceptors (Lipinski definition) is 4. The smallest absolute Gasteiger partial charge is 0.172 e. The molecule has 2 N–H and O–H groups in total. The number of hydrogen-bond donors (Lipinski definition) is 1. The highest BCUT2D eigenvalue weighted by atomic mass is 15.2. The quantitative estimate of drug-likeness (QED) is 0.852. The van der Waals surface area contributed by atoms with E-state index in [4.69, 9.17) is 10.7 Å². The molecule has 0 amide bonds. The second-order valence-electron chi connectivity index (χ2n) is 5.59. The molecule has 2 unspecified atom stereocenters. The average Bonchev–Trinajstić information content (AvgIpc) is 2.38. The summed E-state index contributed by atoms with van der Waals surface area (Å²) in [5.74, 6) is 2.17. The fraction of sp³-hybridized carbons (Fsp3) is 0.467. The number of para-hydroxylation sites is 2. The Balaban J connectivity index is 2.02. The third-order valence-electron chi connectivity index (χ3n) is 3.99. The number of aromatic nitrogens is 2. The van der Waals surface area contributed by atoms with Gasteiger partial charge in [-0.25, -0.2) is 9.97 Å². The Labute approximate surface area is 113 Å². The van der Waals surface area contributed by atoms with Crippen LogP contribution in [0, 0.1) is 5.92 Å². The lowest BCUT2D eigenvalue weighted by Gasteiger charge is -2.37. The molecule has 3 rings (SSSR count). The van der Waals surface area contributed by atoms with E-state index >= 15 is 0 Å². The van der Waals surface area contributed by atoms with Crippen LogP contribution in [0.1, 0.15) is 26.7 Å². The molecular weight excluding hydrogens is 236 g/mol. The van der Waals surface area contributed by atoms with Crippen molar-refractivity contribution in [2.75, 3.05) is 17.2 Å². The van der Waals surface area contributed by atoms with Crippen molar-refractivity contribution in [1.82, 2.24) is 9.97 Å². The Morgan fingerprint density at radius 1 is 1.16 bits per heavy atom. The number of piperidine rings is 1. The Morgan fingerprint density at radius 3 is 2.53 bits per heavy atom. The first-order chi connectivity index (χ1) is 9.15. The fourth-order valence-corrected chi connectivity index (χ4v) is 2.94. The summed E-state index contributed by atoms with van der Waals surface area (Å²) >= 11 is 0. The van der Waals surface area contributed by atoms with E-state index in [1.165, 1.54) is 12.8 Å². The molecule has 0 spiro atoms. The van der Waals surface area contributed by atoms with Crippen molar-refractivity contribution in [1.29, 1.82) is 0 Å². The van der Waals surface area contributed by atoms with Crippen LogP contribution in [0.3, 0.4) is 0 Å². The van der Waals surface area contributed by atoms with Crippen molar-refractivity contribution in [2.45, 2.75) is 32.7 Å². The summed E-state index contributed by atoms with van der Waals surface area (Å²) in [5.41, 5.74) is 7.88. The lowest BCUT2D eigenvalue weighted by atomic mass is 9.93. The van der Waals surface area contributed by atoms with E-state index in [0.717, 1.165) is 29.3 Å². The van der Waals surface area contributed by atoms with Crippen molar-refractivity contribution >= 4 is 22.7 Å². The number of nitrogens with two attached hydrogens (primary N) is 1. The second-order valence-corrected chi connectivity index (χ2v) is 5.59. The minimum Gasteiger partial charge on any atom is -0.381 e. The summed E-state index contributed by atoms with van der Waals surface area (Å²) in [6, 6.07) is 8.36. The third-order valence-corrected chi connectivity index (χ3v) is 3.99. The maximum atomic E-state index is 6.10. The highest BCUT2D eigenvalue weighted by Gasteiger charge is 2.25. The Morgan fingerprint density at radius 2 is 1.84 bits per heavy atom. The van der Waals surface area contributed by atoms with E-state index in [0.29, 0.717) is 11.9 Å². The minimum absolute atomic E-state index is 0.474. The Kier molecular flexibility index (Phi) is 3.01. The van der Waals surface area contributed by atoms with Crippen molar-refractivity contribution in [3.05, 3.63) is 24.3 Å². The number of anilines is 2. The van der Waals surface area contributed by atoms with Gasteiger partial charge in [0.2, 0.25) is 0 Å². The second kappa shape index (κ2) is 4.68. The Hall–Kier alpha value is -1.84. The van der Waals surface area contributed by atoms with Gasteiger partial charge in [-0.1, -0.05) is 19.1 Å². The standard InChI is InChI=1S/C15H20N4/c1-10-7-8-19(11(2)9-10)15-14(16)17-12-5-3-4-6-13(12)18-15/h3-6,10-11H,7-9H2,1-2H3,(H2,16,17). The van der Waals surface area contributed by atoms with Gasteiger partial charge < -0.3 is 10.6 Å². The van der Waals surface area contributed by atoms with E-state index in [2.05, 4.69) is 23.7 Å². The molecule has 1 aliphatic heterocycles. The van der Waals surface area contributed by atoms with Crippen molar-refractivity contribution in [2.24, 2.45) is 5.92 Å². The van der Waals surface area contributed by atoms with Gasteiger partial charge in [0.25, 0.3) is 0 Å². The van der Waals surface area contributed by atoms with E-state index in [1.54, 1.807) is 0 Å². The van der Waals surface area contributed by atoms with Gasteiger partial charge in [0.15, 0.2) is 11.6 Å². The maximum Gasteiger partial charge on any atom is 0.172 e. The van der Waals surface area contributed by atoms with Crippen LogP contribution in [-0.2, 0) is 0 Å². The predicted octanol–water partition coefficient (Wildman–Crippen LogP) is 2.84. The molecule has 4 nitrogen and oxygen atoms in total. The lowest BCUT2D eigenvalue weighted by molar-refractivity contribution is 0.376. The van der Waals surface area contributed by atoms with Gasteiger partial charge in [-0.15, -0.1) is 0 Å². The zero-order valence-corrected chi connectivity index (χ0v) is 11.5. The summed E-state index contributed by atoms with van der Waals surface area (Å²) < 4.78 is 0. The van der Waals surface area contributed by atoms with Crippen LogP contribution >= 0.6 is 0 Å². The molecule has 1 fully saturated rings. The van der Waals surface area contributed by atoms with Crippen molar-refractivity contribution in [3.8, 4) is 0 Å². The molecule has 0 saturated carbocycles. The molecule has 1 aromatic carbocycles. The first-order valence-corrected chi connectivity index (χ1v) is 6.94. The van der Waals surface area contributed by atoms with Crippen molar-refractivity contribution in [3.63, 3.8) is 0 Å². The number of fused-ring (bicyclic) bond motifs is 1. The predicted molar refractivity (Wildman–Crippen MR) is 79.2 cm³/mol. The minimum atomic E-state index is 0.474. The van der Waals surface area contributed by atoms with E-state index in [9.17, 15) is 0 Å². The zero-order chi connectivity index (χ0) is 13.4. The first kappa shape index (κ1) is 12.2. The van der Waals surface area contributed by atoms with Gasteiger partial charge in [0.1, 0.15) is 0 Å². The van der Waals surface area contributed by atoms with Gasteiger partial charge in [0, 0.05) is 12.6 Å². The summed E-state index contributed by atoms with van der Waals surface area (Å²) in [6.45, 7) is 5.56. The Bertz CT molecular complexity index is 596. The largest absolute Gasteiger partial charge is 0.381 e. The topological polar surface area (TPSA) is 55.0 Å². The number of benzene rings is 1. The van der Waals surface area contributed by atoms with Gasteiger partial charge in [0.05, 0.1) is 11.0 Å². The van der Waals surface area contributed by atoms with Crippen LogP contribution < -0.4 is 10.6 Å². The van der Waals surface area contributed by atoms with Gasteiger partial charge in [-0.3, -0.25) is 0 Å². The summed E-state index contributed by atoms with van der Waals surface area (Å²) in [6.07, 6.45) is 2.38. The molecule has 19 heavy (non-hydrogen) atoms. The molecule has 4 heteroatoms. The third kappa shape index (κ3) is 2.23. The number of nitrogens with zero attached hydrogens (tertiary/aromatic N) is 3. The molecule has 1 aliphatic rings. The van der Waals surface area contributed by atoms with Crippen LogP contribution in [0.15, 0.2) is 24.3 Å². The molecule has 1 saturated heterocycles. The SMILES string of the molecule is CC1CCN(c2nc3ccccc3nc2N)C(C)C1. The van der Waals surface area contributed by atoms with Crippen molar-refractivity contribution < 1.29 is 0 Å². The van der Waals surface area contributed by atoms with Crippen LogP contribution in [0.2, 0.25) is 0 Å². The highest BCUT2D eigenvalue weighted by Crippen LogP contribution is 2.30. The molecule has 2 heterocycles. The van der Waals surface area contributed by atoms with Gasteiger partial charge in [-0.05, 0) is 37.8 Å². The molecule has 0 bridgehead atoms. The molecule has 2 aromatic rings. The molecule has 1 aromatic heterocycles. The molecule has 2 atom stereocenters.